The maximum absolute atomic E-state index is 5.78. The second kappa shape index (κ2) is 5.82. The van der Waals surface area contributed by atoms with Crippen LogP contribution in [0.4, 0.5) is 0 Å². The van der Waals surface area contributed by atoms with Crippen molar-refractivity contribution in [2.45, 2.75) is 32.7 Å². The molecule has 0 bridgehead atoms. The van der Waals surface area contributed by atoms with Crippen molar-refractivity contribution in [2.24, 2.45) is 0 Å². The maximum Gasteiger partial charge on any atom is 0.113 e. The zero-order valence-corrected chi connectivity index (χ0v) is 10.6. The standard InChI is InChI=1S/C14H20N2O/c1-3-16-14(13-6-4-5-9-17-13)12-7-8-15-10-11(12)2/h6-8,10,14,16H,3-5,9H2,1-2H3. The third-order valence-corrected chi connectivity index (χ3v) is 3.03. The van der Waals surface area contributed by atoms with E-state index in [4.69, 9.17) is 4.74 Å². The molecule has 0 radical (unpaired) electrons. The Kier molecular flexibility index (Phi) is 4.15. The summed E-state index contributed by atoms with van der Waals surface area (Å²) in [5.41, 5.74) is 2.46. The van der Waals surface area contributed by atoms with E-state index < -0.39 is 0 Å². The molecule has 0 amide bonds. The number of allylic oxidation sites excluding steroid dienone is 1. The van der Waals surface area contributed by atoms with Gasteiger partial charge in [-0.15, -0.1) is 0 Å². The number of aryl methyl sites for hydroxylation is 1. The lowest BCUT2D eigenvalue weighted by atomic mass is 10.00. The van der Waals surface area contributed by atoms with Crippen molar-refractivity contribution >= 4 is 0 Å². The second-order valence-electron chi connectivity index (χ2n) is 4.32. The van der Waals surface area contributed by atoms with Crippen LogP contribution in [-0.4, -0.2) is 18.1 Å². The van der Waals surface area contributed by atoms with Gasteiger partial charge in [0.15, 0.2) is 0 Å². The second-order valence-corrected chi connectivity index (χ2v) is 4.32. The van der Waals surface area contributed by atoms with Gasteiger partial charge in [-0.3, -0.25) is 4.98 Å². The number of pyridine rings is 1. The fourth-order valence-electron chi connectivity index (χ4n) is 2.15. The molecule has 92 valence electrons. The summed E-state index contributed by atoms with van der Waals surface area (Å²) in [7, 11) is 0. The summed E-state index contributed by atoms with van der Waals surface area (Å²) >= 11 is 0. The first kappa shape index (κ1) is 12.1. The summed E-state index contributed by atoms with van der Waals surface area (Å²) in [6.45, 7) is 5.97. The van der Waals surface area contributed by atoms with Gasteiger partial charge in [0.1, 0.15) is 5.76 Å². The topological polar surface area (TPSA) is 34.1 Å². The van der Waals surface area contributed by atoms with Crippen LogP contribution in [0.25, 0.3) is 0 Å². The molecule has 0 fully saturated rings. The predicted octanol–water partition coefficient (Wildman–Crippen LogP) is 2.73. The number of likely N-dealkylation sites (N-methyl/N-ethyl adjacent to an activating group) is 1. The van der Waals surface area contributed by atoms with Gasteiger partial charge >= 0.3 is 0 Å². The van der Waals surface area contributed by atoms with Gasteiger partial charge in [0.25, 0.3) is 0 Å². The first-order valence-electron chi connectivity index (χ1n) is 6.29. The van der Waals surface area contributed by atoms with Crippen LogP contribution in [-0.2, 0) is 4.74 Å². The van der Waals surface area contributed by atoms with E-state index >= 15 is 0 Å². The molecule has 3 nitrogen and oxygen atoms in total. The minimum absolute atomic E-state index is 0.170. The highest BCUT2D eigenvalue weighted by Crippen LogP contribution is 2.27. The van der Waals surface area contributed by atoms with Gasteiger partial charge in [-0.25, -0.2) is 0 Å². The van der Waals surface area contributed by atoms with E-state index in [9.17, 15) is 0 Å². The van der Waals surface area contributed by atoms with Crippen molar-refractivity contribution in [1.82, 2.24) is 10.3 Å². The van der Waals surface area contributed by atoms with Crippen molar-refractivity contribution < 1.29 is 4.74 Å². The minimum Gasteiger partial charge on any atom is -0.496 e. The zero-order chi connectivity index (χ0) is 12.1. The fraction of sp³-hybridized carbons (Fsp3) is 0.500. The molecule has 1 N–H and O–H groups in total. The number of aromatic nitrogens is 1. The van der Waals surface area contributed by atoms with E-state index in [0.717, 1.165) is 31.8 Å². The molecule has 0 aromatic carbocycles. The Hall–Kier alpha value is -1.35. The summed E-state index contributed by atoms with van der Waals surface area (Å²) in [6.07, 6.45) is 8.19. The number of ether oxygens (including phenoxy) is 1. The van der Waals surface area contributed by atoms with Crippen LogP contribution in [0, 0.1) is 6.92 Å². The van der Waals surface area contributed by atoms with Crippen LogP contribution in [0.3, 0.4) is 0 Å². The normalized spacial score (nSPS) is 17.2. The predicted molar refractivity (Wildman–Crippen MR) is 68.7 cm³/mol. The molecular formula is C14H20N2O. The van der Waals surface area contributed by atoms with E-state index in [2.05, 4.69) is 36.3 Å². The van der Waals surface area contributed by atoms with Crippen molar-refractivity contribution in [3.05, 3.63) is 41.4 Å². The number of hydrogen-bond donors (Lipinski definition) is 1. The van der Waals surface area contributed by atoms with Gasteiger partial charge in [-0.05, 0) is 49.6 Å². The third kappa shape index (κ3) is 2.86. The molecule has 1 atom stereocenters. The molecule has 3 heteroatoms. The van der Waals surface area contributed by atoms with Crippen molar-refractivity contribution in [2.75, 3.05) is 13.2 Å². The Labute approximate surface area is 103 Å². The number of rotatable bonds is 4. The molecule has 0 saturated heterocycles. The maximum atomic E-state index is 5.78. The van der Waals surface area contributed by atoms with Crippen LogP contribution < -0.4 is 5.32 Å². The fourth-order valence-corrected chi connectivity index (χ4v) is 2.15. The summed E-state index contributed by atoms with van der Waals surface area (Å²) in [6, 6.07) is 2.24. The summed E-state index contributed by atoms with van der Waals surface area (Å²) in [4.78, 5) is 4.14. The SMILES string of the molecule is CCNC(C1=CCCCO1)c1ccncc1C. The average molecular weight is 232 g/mol. The van der Waals surface area contributed by atoms with E-state index in [0.29, 0.717) is 0 Å². The molecule has 2 heterocycles. The Morgan fingerprint density at radius 2 is 2.41 bits per heavy atom. The molecular weight excluding hydrogens is 212 g/mol. The van der Waals surface area contributed by atoms with Gasteiger partial charge in [0.05, 0.1) is 12.6 Å². The molecule has 1 aromatic heterocycles. The van der Waals surface area contributed by atoms with Gasteiger partial charge in [-0.2, -0.15) is 0 Å². The molecule has 0 aliphatic carbocycles. The third-order valence-electron chi connectivity index (χ3n) is 3.03. The highest BCUT2D eigenvalue weighted by atomic mass is 16.5. The lowest BCUT2D eigenvalue weighted by molar-refractivity contribution is 0.168. The van der Waals surface area contributed by atoms with Crippen LogP contribution in [0.2, 0.25) is 0 Å². The lowest BCUT2D eigenvalue weighted by Crippen LogP contribution is -2.26. The average Bonchev–Trinajstić information content (AvgIpc) is 2.38. The lowest BCUT2D eigenvalue weighted by Gasteiger charge is -2.25. The van der Waals surface area contributed by atoms with Gasteiger partial charge in [-0.1, -0.05) is 6.92 Å². The molecule has 1 aromatic rings. The number of hydrogen-bond acceptors (Lipinski definition) is 3. The van der Waals surface area contributed by atoms with Crippen LogP contribution in [0.15, 0.2) is 30.3 Å². The minimum atomic E-state index is 0.170. The highest BCUT2D eigenvalue weighted by Gasteiger charge is 2.20. The smallest absolute Gasteiger partial charge is 0.113 e. The Balaban J connectivity index is 2.28. The molecule has 0 saturated carbocycles. The molecule has 1 aliphatic rings. The number of nitrogens with one attached hydrogen (secondary N) is 1. The molecule has 1 aliphatic heterocycles. The van der Waals surface area contributed by atoms with Crippen LogP contribution in [0.5, 0.6) is 0 Å². The van der Waals surface area contributed by atoms with E-state index in [1.807, 2.05) is 12.4 Å². The first-order chi connectivity index (χ1) is 8.33. The Morgan fingerprint density at radius 3 is 3.06 bits per heavy atom. The Bertz CT molecular complexity index is 401. The molecule has 0 spiro atoms. The molecule has 1 unspecified atom stereocenters. The van der Waals surface area contributed by atoms with Crippen molar-refractivity contribution in [3.63, 3.8) is 0 Å². The molecule has 2 rings (SSSR count). The first-order valence-corrected chi connectivity index (χ1v) is 6.29. The van der Waals surface area contributed by atoms with Crippen molar-refractivity contribution in [3.8, 4) is 0 Å². The number of nitrogens with zero attached hydrogens (tertiary/aromatic N) is 1. The summed E-state index contributed by atoms with van der Waals surface area (Å²) in [5, 5.41) is 3.49. The summed E-state index contributed by atoms with van der Waals surface area (Å²) < 4.78 is 5.78. The molecule has 17 heavy (non-hydrogen) atoms. The van der Waals surface area contributed by atoms with Crippen molar-refractivity contribution in [1.29, 1.82) is 0 Å². The monoisotopic (exact) mass is 232 g/mol. The van der Waals surface area contributed by atoms with Gasteiger partial charge < -0.3 is 10.1 Å². The van der Waals surface area contributed by atoms with Gasteiger partial charge in [0, 0.05) is 12.4 Å². The Morgan fingerprint density at radius 1 is 1.53 bits per heavy atom. The van der Waals surface area contributed by atoms with E-state index in [1.165, 1.54) is 11.1 Å². The van der Waals surface area contributed by atoms with E-state index in [-0.39, 0.29) is 6.04 Å². The quantitative estimate of drug-likeness (QED) is 0.866. The summed E-state index contributed by atoms with van der Waals surface area (Å²) in [5.74, 6) is 1.06. The van der Waals surface area contributed by atoms with Gasteiger partial charge in [0.2, 0.25) is 0 Å². The largest absolute Gasteiger partial charge is 0.496 e. The highest BCUT2D eigenvalue weighted by molar-refractivity contribution is 5.31. The zero-order valence-electron chi connectivity index (χ0n) is 10.6. The van der Waals surface area contributed by atoms with Crippen LogP contribution >= 0.6 is 0 Å². The van der Waals surface area contributed by atoms with Crippen LogP contribution in [0.1, 0.15) is 36.9 Å². The van der Waals surface area contributed by atoms with E-state index in [1.54, 1.807) is 0 Å².